The van der Waals surface area contributed by atoms with Crippen LogP contribution in [0.3, 0.4) is 0 Å². The third kappa shape index (κ3) is 6.63. The second-order valence-electron chi connectivity index (χ2n) is 5.66. The van der Waals surface area contributed by atoms with E-state index in [4.69, 9.17) is 9.47 Å². The molecule has 1 aromatic carbocycles. The van der Waals surface area contributed by atoms with Gasteiger partial charge in [0, 0.05) is 25.4 Å². The minimum Gasteiger partial charge on any atom is -0.497 e. The molecule has 0 aliphatic rings. The molecule has 26 heavy (non-hydrogen) atoms. The van der Waals surface area contributed by atoms with E-state index >= 15 is 0 Å². The highest BCUT2D eigenvalue weighted by atomic mass is 16.5. The molecule has 0 saturated carbocycles. The molecular weight excluding hydrogens is 328 g/mol. The van der Waals surface area contributed by atoms with Crippen LogP contribution in [0, 0.1) is 0 Å². The summed E-state index contributed by atoms with van der Waals surface area (Å²) < 4.78 is 10.6. The van der Waals surface area contributed by atoms with E-state index in [-0.39, 0.29) is 0 Å². The number of methoxy groups -OCH3 is 1. The van der Waals surface area contributed by atoms with E-state index in [1.165, 1.54) is 5.56 Å². The summed E-state index contributed by atoms with van der Waals surface area (Å²) in [5.41, 5.74) is 2.32. The van der Waals surface area contributed by atoms with Gasteiger partial charge in [-0.25, -0.2) is 9.98 Å². The van der Waals surface area contributed by atoms with Crippen molar-refractivity contribution in [3.05, 3.63) is 53.7 Å². The number of nitrogens with zero attached hydrogens (tertiary/aromatic N) is 2. The lowest BCUT2D eigenvalue weighted by Gasteiger charge is -2.12. The monoisotopic (exact) mass is 356 g/mol. The van der Waals surface area contributed by atoms with Crippen molar-refractivity contribution in [2.24, 2.45) is 4.99 Å². The van der Waals surface area contributed by atoms with Crippen LogP contribution in [0.1, 0.15) is 25.0 Å². The lowest BCUT2D eigenvalue weighted by molar-refractivity contribution is 0.326. The van der Waals surface area contributed by atoms with Gasteiger partial charge in [0.15, 0.2) is 5.96 Å². The van der Waals surface area contributed by atoms with E-state index in [0.29, 0.717) is 19.0 Å². The van der Waals surface area contributed by atoms with Gasteiger partial charge in [0.25, 0.3) is 0 Å². The van der Waals surface area contributed by atoms with E-state index in [1.807, 2.05) is 31.2 Å². The summed E-state index contributed by atoms with van der Waals surface area (Å²) in [5, 5.41) is 6.64. The highest BCUT2D eigenvalue weighted by molar-refractivity contribution is 5.79. The van der Waals surface area contributed by atoms with Gasteiger partial charge in [-0.05, 0) is 49.6 Å². The van der Waals surface area contributed by atoms with Crippen molar-refractivity contribution in [1.82, 2.24) is 15.6 Å². The van der Waals surface area contributed by atoms with Crippen molar-refractivity contribution in [3.63, 3.8) is 0 Å². The second-order valence-corrected chi connectivity index (χ2v) is 5.66. The fourth-order valence-electron chi connectivity index (χ4n) is 2.41. The number of guanidine groups is 1. The van der Waals surface area contributed by atoms with Crippen molar-refractivity contribution >= 4 is 5.96 Å². The summed E-state index contributed by atoms with van der Waals surface area (Å²) in [5.74, 6) is 2.31. The zero-order chi connectivity index (χ0) is 18.6. The molecule has 2 rings (SSSR count). The highest BCUT2D eigenvalue weighted by Gasteiger charge is 2.01. The summed E-state index contributed by atoms with van der Waals surface area (Å²) in [7, 11) is 1.68. The first-order chi connectivity index (χ1) is 12.7. The molecule has 1 aromatic heterocycles. The van der Waals surface area contributed by atoms with Crippen LogP contribution >= 0.6 is 0 Å². The van der Waals surface area contributed by atoms with Gasteiger partial charge >= 0.3 is 0 Å². The molecule has 1 heterocycles. The molecule has 6 nitrogen and oxygen atoms in total. The van der Waals surface area contributed by atoms with Crippen LogP contribution in [0.5, 0.6) is 11.6 Å². The van der Waals surface area contributed by atoms with Gasteiger partial charge in [-0.15, -0.1) is 0 Å². The summed E-state index contributed by atoms with van der Waals surface area (Å²) in [6.07, 6.45) is 2.66. The Labute approximate surface area is 155 Å². The average molecular weight is 356 g/mol. The highest BCUT2D eigenvalue weighted by Crippen LogP contribution is 2.11. The normalized spacial score (nSPS) is 11.1. The quantitative estimate of drug-likeness (QED) is 0.534. The number of hydrogen-bond acceptors (Lipinski definition) is 4. The van der Waals surface area contributed by atoms with Crippen LogP contribution in [0.4, 0.5) is 0 Å². The molecular formula is C20H28N4O2. The largest absolute Gasteiger partial charge is 0.497 e. The Morgan fingerprint density at radius 3 is 2.58 bits per heavy atom. The van der Waals surface area contributed by atoms with Gasteiger partial charge in [-0.2, -0.15) is 0 Å². The topological polar surface area (TPSA) is 67.8 Å². The number of benzene rings is 1. The zero-order valence-corrected chi connectivity index (χ0v) is 15.8. The van der Waals surface area contributed by atoms with Crippen molar-refractivity contribution in [2.45, 2.75) is 26.8 Å². The molecule has 2 aromatic rings. The minimum atomic E-state index is 0.570. The summed E-state index contributed by atoms with van der Waals surface area (Å²) in [6, 6.07) is 12.0. The molecule has 0 atom stereocenters. The maximum Gasteiger partial charge on any atom is 0.213 e. The van der Waals surface area contributed by atoms with Crippen LogP contribution in [0.2, 0.25) is 0 Å². The third-order valence-electron chi connectivity index (χ3n) is 3.72. The Kier molecular flexibility index (Phi) is 8.26. The van der Waals surface area contributed by atoms with E-state index in [1.54, 1.807) is 13.3 Å². The van der Waals surface area contributed by atoms with Crippen molar-refractivity contribution in [3.8, 4) is 11.6 Å². The van der Waals surface area contributed by atoms with E-state index in [0.717, 1.165) is 36.8 Å². The number of aliphatic imine (C=N–C) groups is 1. The molecule has 0 saturated heterocycles. The van der Waals surface area contributed by atoms with Crippen LogP contribution in [0.15, 0.2) is 47.6 Å². The van der Waals surface area contributed by atoms with Crippen molar-refractivity contribution < 1.29 is 9.47 Å². The van der Waals surface area contributed by atoms with Gasteiger partial charge in [0.1, 0.15) is 5.75 Å². The molecule has 2 N–H and O–H groups in total. The van der Waals surface area contributed by atoms with Gasteiger partial charge in [0.2, 0.25) is 5.88 Å². The smallest absolute Gasteiger partial charge is 0.213 e. The predicted octanol–water partition coefficient (Wildman–Crippen LogP) is 2.79. The molecule has 0 bridgehead atoms. The first-order valence-corrected chi connectivity index (χ1v) is 8.98. The number of hydrogen-bond donors (Lipinski definition) is 2. The first-order valence-electron chi connectivity index (χ1n) is 8.98. The molecule has 0 radical (unpaired) electrons. The summed E-state index contributed by atoms with van der Waals surface area (Å²) in [6.45, 7) is 6.80. The molecule has 0 aliphatic carbocycles. The molecule has 140 valence electrons. The number of nitrogens with one attached hydrogen (secondary N) is 2. The fraction of sp³-hybridized carbons (Fsp3) is 0.400. The first kappa shape index (κ1) is 19.6. The average Bonchev–Trinajstić information content (AvgIpc) is 2.67. The van der Waals surface area contributed by atoms with Crippen LogP contribution in [-0.2, 0) is 13.0 Å². The summed E-state index contributed by atoms with van der Waals surface area (Å²) in [4.78, 5) is 8.81. The minimum absolute atomic E-state index is 0.570. The predicted molar refractivity (Wildman–Crippen MR) is 105 cm³/mol. The maximum atomic E-state index is 5.43. The van der Waals surface area contributed by atoms with Crippen molar-refractivity contribution in [2.75, 3.05) is 26.8 Å². The Hall–Kier alpha value is -2.76. The Balaban J connectivity index is 1.88. The zero-order valence-electron chi connectivity index (χ0n) is 15.8. The lowest BCUT2D eigenvalue weighted by atomic mass is 10.1. The SMILES string of the molecule is CCNC(=NCc1ccnc(OCC)c1)NCCc1ccc(OC)cc1. The molecule has 0 spiro atoms. The van der Waals surface area contributed by atoms with Crippen molar-refractivity contribution in [1.29, 1.82) is 0 Å². The molecule has 0 aliphatic heterocycles. The number of rotatable bonds is 9. The van der Waals surface area contributed by atoms with Crippen LogP contribution < -0.4 is 20.1 Å². The molecule has 0 amide bonds. The van der Waals surface area contributed by atoms with Gasteiger partial charge in [-0.1, -0.05) is 12.1 Å². The fourth-order valence-corrected chi connectivity index (χ4v) is 2.41. The Morgan fingerprint density at radius 1 is 1.08 bits per heavy atom. The van der Waals surface area contributed by atoms with Crippen LogP contribution in [-0.4, -0.2) is 37.7 Å². The van der Waals surface area contributed by atoms with E-state index < -0.39 is 0 Å². The number of pyridine rings is 1. The van der Waals surface area contributed by atoms with Gasteiger partial charge < -0.3 is 20.1 Å². The van der Waals surface area contributed by atoms with Gasteiger partial charge in [-0.3, -0.25) is 0 Å². The summed E-state index contributed by atoms with van der Waals surface area (Å²) >= 11 is 0. The Morgan fingerprint density at radius 2 is 1.88 bits per heavy atom. The van der Waals surface area contributed by atoms with Crippen LogP contribution in [0.25, 0.3) is 0 Å². The molecule has 0 unspecified atom stereocenters. The van der Waals surface area contributed by atoms with Gasteiger partial charge in [0.05, 0.1) is 20.3 Å². The standard InChI is InChI=1S/C20H28N4O2/c1-4-21-20(23-13-10-16-6-8-18(25-3)9-7-16)24-15-17-11-12-22-19(14-17)26-5-2/h6-9,11-12,14H,4-5,10,13,15H2,1-3H3,(H2,21,23,24). The maximum absolute atomic E-state index is 5.43. The molecule has 0 fully saturated rings. The lowest BCUT2D eigenvalue weighted by Crippen LogP contribution is -2.38. The third-order valence-corrected chi connectivity index (χ3v) is 3.72. The molecule has 6 heteroatoms. The second kappa shape index (κ2) is 11.0. The van der Waals surface area contributed by atoms with E-state index in [9.17, 15) is 0 Å². The number of aromatic nitrogens is 1. The Bertz CT molecular complexity index is 686. The number of ether oxygens (including phenoxy) is 2. The van der Waals surface area contributed by atoms with E-state index in [2.05, 4.69) is 39.7 Å².